The van der Waals surface area contributed by atoms with Crippen molar-refractivity contribution in [2.75, 3.05) is 0 Å². The summed E-state index contributed by atoms with van der Waals surface area (Å²) in [5.41, 5.74) is 13.9. The molecule has 0 amide bonds. The van der Waals surface area contributed by atoms with E-state index in [0.29, 0.717) is 0 Å². The predicted octanol–water partition coefficient (Wildman–Crippen LogP) is 11.0. The summed E-state index contributed by atoms with van der Waals surface area (Å²) in [6.07, 6.45) is 2.09. The van der Waals surface area contributed by atoms with Crippen molar-refractivity contribution in [2.24, 2.45) is 0 Å². The molecular formula is C43H28. The van der Waals surface area contributed by atoms with Crippen molar-refractivity contribution in [3.8, 4) is 33.4 Å². The largest absolute Gasteiger partial charge is 0.0622 e. The molecule has 0 atom stereocenters. The molecule has 0 unspecified atom stereocenters. The first-order valence-electron chi connectivity index (χ1n) is 15.4. The van der Waals surface area contributed by atoms with Crippen molar-refractivity contribution in [2.45, 2.75) is 18.3 Å². The first-order valence-corrected chi connectivity index (χ1v) is 15.4. The number of hydrogen-bond donors (Lipinski definition) is 0. The molecule has 0 aliphatic heterocycles. The van der Waals surface area contributed by atoms with Crippen molar-refractivity contribution in [1.82, 2.24) is 0 Å². The van der Waals surface area contributed by atoms with Crippen LogP contribution in [0.1, 0.15) is 22.3 Å². The molecule has 0 fully saturated rings. The lowest BCUT2D eigenvalue weighted by Gasteiger charge is -2.28. The third-order valence-electron chi connectivity index (χ3n) is 10.4. The summed E-state index contributed by atoms with van der Waals surface area (Å²) in [5.74, 6) is 0. The predicted molar refractivity (Wildman–Crippen MR) is 181 cm³/mol. The number of hydrogen-bond acceptors (Lipinski definition) is 0. The quantitative estimate of drug-likeness (QED) is 0.190. The molecule has 0 radical (unpaired) electrons. The first kappa shape index (κ1) is 23.4. The molecule has 8 aromatic rings. The van der Waals surface area contributed by atoms with Gasteiger partial charge in [0, 0.05) is 5.41 Å². The molecule has 10 rings (SSSR count). The fourth-order valence-corrected chi connectivity index (χ4v) is 8.46. The molecule has 200 valence electrons. The lowest BCUT2D eigenvalue weighted by molar-refractivity contribution is 0.564. The van der Waals surface area contributed by atoms with Crippen LogP contribution in [0.25, 0.3) is 65.7 Å². The lowest BCUT2D eigenvalue weighted by Crippen LogP contribution is -2.26. The van der Waals surface area contributed by atoms with Crippen LogP contribution in [0.2, 0.25) is 0 Å². The van der Waals surface area contributed by atoms with Crippen LogP contribution >= 0.6 is 0 Å². The molecule has 2 aliphatic carbocycles. The van der Waals surface area contributed by atoms with Crippen molar-refractivity contribution in [1.29, 1.82) is 0 Å². The van der Waals surface area contributed by atoms with E-state index in [1.807, 2.05) is 0 Å². The highest BCUT2D eigenvalue weighted by Crippen LogP contribution is 2.57. The minimum atomic E-state index is -0.0566. The van der Waals surface area contributed by atoms with Crippen LogP contribution in [0.3, 0.4) is 0 Å². The minimum absolute atomic E-state index is 0.0566. The van der Waals surface area contributed by atoms with Gasteiger partial charge in [-0.15, -0.1) is 0 Å². The molecule has 0 saturated heterocycles. The van der Waals surface area contributed by atoms with Crippen LogP contribution in [0.4, 0.5) is 0 Å². The molecule has 1 spiro atoms. The minimum Gasteiger partial charge on any atom is -0.0622 e. The van der Waals surface area contributed by atoms with Crippen molar-refractivity contribution < 1.29 is 0 Å². The summed E-state index contributed by atoms with van der Waals surface area (Å²) in [6.45, 7) is 0. The Balaban J connectivity index is 1.21. The molecular weight excluding hydrogens is 516 g/mol. The highest BCUT2D eigenvalue weighted by molar-refractivity contribution is 6.25. The third kappa shape index (κ3) is 3.16. The Kier molecular flexibility index (Phi) is 4.58. The Morgan fingerprint density at radius 3 is 1.65 bits per heavy atom. The van der Waals surface area contributed by atoms with Gasteiger partial charge in [-0.05, 0) is 113 Å². The Hall–Kier alpha value is -5.20. The van der Waals surface area contributed by atoms with Crippen LogP contribution in [0, 0.1) is 0 Å². The van der Waals surface area contributed by atoms with E-state index in [9.17, 15) is 0 Å². The van der Waals surface area contributed by atoms with Gasteiger partial charge in [-0.3, -0.25) is 0 Å². The Labute approximate surface area is 251 Å². The maximum Gasteiger partial charge on any atom is 0.0296 e. The molecule has 0 N–H and O–H groups in total. The summed E-state index contributed by atoms with van der Waals surface area (Å²) < 4.78 is 0. The zero-order valence-electron chi connectivity index (χ0n) is 23.8. The molecule has 0 nitrogen and oxygen atoms in total. The van der Waals surface area contributed by atoms with E-state index >= 15 is 0 Å². The van der Waals surface area contributed by atoms with Crippen molar-refractivity contribution in [3.05, 3.63) is 168 Å². The fraction of sp³-hybridized carbons (Fsp3) is 0.0698. The zero-order valence-corrected chi connectivity index (χ0v) is 23.8. The average molecular weight is 545 g/mol. The first-order chi connectivity index (χ1) is 21.3. The van der Waals surface area contributed by atoms with Gasteiger partial charge in [-0.2, -0.15) is 0 Å². The molecule has 2 aliphatic rings. The van der Waals surface area contributed by atoms with E-state index in [1.54, 1.807) is 0 Å². The Bertz CT molecular complexity index is 2350. The van der Waals surface area contributed by atoms with Crippen LogP contribution in [0.5, 0.6) is 0 Å². The van der Waals surface area contributed by atoms with Crippen molar-refractivity contribution in [3.63, 3.8) is 0 Å². The average Bonchev–Trinajstić information content (AvgIpc) is 3.59. The monoisotopic (exact) mass is 544 g/mol. The van der Waals surface area contributed by atoms with E-state index in [4.69, 9.17) is 0 Å². The summed E-state index contributed by atoms with van der Waals surface area (Å²) in [7, 11) is 0. The van der Waals surface area contributed by atoms with Gasteiger partial charge in [-0.1, -0.05) is 133 Å². The summed E-state index contributed by atoms with van der Waals surface area (Å²) in [4.78, 5) is 0. The van der Waals surface area contributed by atoms with E-state index in [1.165, 1.54) is 88.0 Å². The molecule has 0 aromatic heterocycles. The highest BCUT2D eigenvalue weighted by Gasteiger charge is 2.47. The van der Waals surface area contributed by atoms with Crippen LogP contribution in [0.15, 0.2) is 146 Å². The number of fused-ring (bicyclic) bond motifs is 6. The molecule has 43 heavy (non-hydrogen) atoms. The normalized spacial score (nSPS) is 14.5. The lowest BCUT2D eigenvalue weighted by atomic mass is 9.74. The van der Waals surface area contributed by atoms with Crippen molar-refractivity contribution >= 4 is 32.3 Å². The number of rotatable bonds is 2. The SMILES string of the molecule is c1ccc(-c2ccc3c(c2)C2(Cc4ccccc4C2)c2cc(-c4ccc5ccc6cccc7ccc4c5c67)ccc2-3)cc1. The smallest absolute Gasteiger partial charge is 0.0296 e. The van der Waals surface area contributed by atoms with Gasteiger partial charge < -0.3 is 0 Å². The topological polar surface area (TPSA) is 0 Å². The molecule has 0 bridgehead atoms. The van der Waals surface area contributed by atoms with Gasteiger partial charge in [0.15, 0.2) is 0 Å². The highest BCUT2D eigenvalue weighted by atomic mass is 14.5. The second-order valence-electron chi connectivity index (χ2n) is 12.6. The standard InChI is InChI=1S/C43H28/c1-2-7-27(8-3-1)31-17-20-36-37-21-18-32(24-40(37)43(39(36)23-31)25-33-9-4-5-10-34(33)26-43)35-19-15-30-14-13-28-11-6-12-29-16-22-38(35)42(30)41(28)29/h1-24H,25-26H2. The van der Waals surface area contributed by atoms with E-state index < -0.39 is 0 Å². The van der Waals surface area contributed by atoms with Gasteiger partial charge in [0.2, 0.25) is 0 Å². The molecule has 0 heteroatoms. The third-order valence-corrected chi connectivity index (χ3v) is 10.4. The molecule has 0 saturated carbocycles. The van der Waals surface area contributed by atoms with Crippen LogP contribution in [-0.4, -0.2) is 0 Å². The van der Waals surface area contributed by atoms with Gasteiger partial charge in [-0.25, -0.2) is 0 Å². The molecule has 8 aromatic carbocycles. The van der Waals surface area contributed by atoms with Crippen LogP contribution < -0.4 is 0 Å². The number of benzene rings is 8. The van der Waals surface area contributed by atoms with Crippen LogP contribution in [-0.2, 0) is 18.3 Å². The Morgan fingerprint density at radius 1 is 0.372 bits per heavy atom. The van der Waals surface area contributed by atoms with Gasteiger partial charge in [0.1, 0.15) is 0 Å². The summed E-state index contributed by atoms with van der Waals surface area (Å²) >= 11 is 0. The zero-order chi connectivity index (χ0) is 28.1. The second-order valence-corrected chi connectivity index (χ2v) is 12.6. The van der Waals surface area contributed by atoms with E-state index in [0.717, 1.165) is 12.8 Å². The maximum atomic E-state index is 2.54. The van der Waals surface area contributed by atoms with Gasteiger partial charge in [0.05, 0.1) is 0 Å². The van der Waals surface area contributed by atoms with Gasteiger partial charge in [0.25, 0.3) is 0 Å². The summed E-state index contributed by atoms with van der Waals surface area (Å²) in [5, 5.41) is 8.04. The Morgan fingerprint density at radius 2 is 0.930 bits per heavy atom. The van der Waals surface area contributed by atoms with Gasteiger partial charge >= 0.3 is 0 Å². The molecule has 0 heterocycles. The maximum absolute atomic E-state index is 2.54. The van der Waals surface area contributed by atoms with E-state index in [2.05, 4.69) is 146 Å². The second kappa shape index (κ2) is 8.43. The van der Waals surface area contributed by atoms with E-state index in [-0.39, 0.29) is 5.41 Å². The fourth-order valence-electron chi connectivity index (χ4n) is 8.46. The summed E-state index contributed by atoms with van der Waals surface area (Å²) in [6, 6.07) is 54.9.